The van der Waals surface area contributed by atoms with Gasteiger partial charge in [0, 0.05) is 4.90 Å². The van der Waals surface area contributed by atoms with E-state index in [-0.39, 0.29) is 11.2 Å². The molecule has 6 nitrogen and oxygen atoms in total. The molecule has 1 aromatic heterocycles. The molecule has 8 heteroatoms. The van der Waals surface area contributed by atoms with Crippen molar-refractivity contribution >= 4 is 34.1 Å². The van der Waals surface area contributed by atoms with E-state index in [0.717, 1.165) is 10.5 Å². The predicted molar refractivity (Wildman–Crippen MR) is 118 cm³/mol. The number of hydrogen-bond donors (Lipinski definition) is 1. The van der Waals surface area contributed by atoms with E-state index in [1.54, 1.807) is 26.0 Å². The van der Waals surface area contributed by atoms with Crippen LogP contribution in [0.1, 0.15) is 18.9 Å². The van der Waals surface area contributed by atoms with Gasteiger partial charge in [0.25, 0.3) is 0 Å². The lowest BCUT2D eigenvalue weighted by molar-refractivity contribution is -0.115. The van der Waals surface area contributed by atoms with Crippen molar-refractivity contribution in [3.63, 3.8) is 0 Å². The van der Waals surface area contributed by atoms with Gasteiger partial charge in [-0.05, 0) is 43.7 Å². The van der Waals surface area contributed by atoms with E-state index in [1.165, 1.54) is 16.9 Å². The Morgan fingerprint density at radius 3 is 2.55 bits per heavy atom. The third-order valence-electron chi connectivity index (χ3n) is 4.25. The van der Waals surface area contributed by atoms with Crippen molar-refractivity contribution in [1.82, 2.24) is 10.2 Å². The summed E-state index contributed by atoms with van der Waals surface area (Å²) < 4.78 is 10.7. The Bertz CT molecular complexity index is 974. The molecule has 2 aromatic carbocycles. The molecule has 0 saturated heterocycles. The summed E-state index contributed by atoms with van der Waals surface area (Å²) in [7, 11) is 3.21. The number of hydrogen-bond acceptors (Lipinski definition) is 7. The lowest BCUT2D eigenvalue weighted by atomic mass is 10.2. The number of thioether (sulfide) groups is 1. The van der Waals surface area contributed by atoms with E-state index in [0.29, 0.717) is 28.1 Å². The number of rotatable bonds is 8. The van der Waals surface area contributed by atoms with Crippen molar-refractivity contribution in [2.24, 2.45) is 0 Å². The second kappa shape index (κ2) is 9.76. The number of amides is 1. The summed E-state index contributed by atoms with van der Waals surface area (Å²) in [5, 5.41) is 12.1. The van der Waals surface area contributed by atoms with Crippen molar-refractivity contribution in [3.8, 4) is 22.1 Å². The second-order valence-corrected chi connectivity index (χ2v) is 8.55. The van der Waals surface area contributed by atoms with Crippen LogP contribution in [-0.2, 0) is 4.79 Å². The van der Waals surface area contributed by atoms with Crippen LogP contribution >= 0.6 is 23.1 Å². The first-order valence-corrected chi connectivity index (χ1v) is 10.8. The number of aryl methyl sites for hydroxylation is 1. The van der Waals surface area contributed by atoms with E-state index in [1.807, 2.05) is 56.3 Å². The smallest absolute Gasteiger partial charge is 0.239 e. The molecular formula is C21H23N3O3S2. The standard InChI is InChI=1S/C21H23N3O3S2/c1-5-18(28-15-9-6-13(2)7-10-15)19(25)22-21-24-23-20(29-21)16-12-14(26-3)8-11-17(16)27-4/h6-12,18H,5H2,1-4H3,(H,22,24,25)/t18-/m0/s1. The first-order chi connectivity index (χ1) is 14.0. The van der Waals surface area contributed by atoms with Crippen LogP contribution in [0.2, 0.25) is 0 Å². The summed E-state index contributed by atoms with van der Waals surface area (Å²) in [4.78, 5) is 13.8. The van der Waals surface area contributed by atoms with Gasteiger partial charge < -0.3 is 9.47 Å². The molecular weight excluding hydrogens is 406 g/mol. The van der Waals surface area contributed by atoms with E-state index in [2.05, 4.69) is 15.5 Å². The van der Waals surface area contributed by atoms with Gasteiger partial charge in [0.2, 0.25) is 11.0 Å². The van der Waals surface area contributed by atoms with Gasteiger partial charge in [-0.3, -0.25) is 10.1 Å². The van der Waals surface area contributed by atoms with Crippen molar-refractivity contribution < 1.29 is 14.3 Å². The Morgan fingerprint density at radius 2 is 1.90 bits per heavy atom. The molecule has 0 aliphatic rings. The molecule has 0 radical (unpaired) electrons. The number of carbonyl (C=O) groups is 1. The van der Waals surface area contributed by atoms with E-state index < -0.39 is 0 Å². The van der Waals surface area contributed by atoms with E-state index in [9.17, 15) is 4.79 Å². The van der Waals surface area contributed by atoms with Crippen molar-refractivity contribution in [2.75, 3.05) is 19.5 Å². The lowest BCUT2D eigenvalue weighted by Gasteiger charge is -2.13. The number of aromatic nitrogens is 2. The Hall–Kier alpha value is -2.58. The minimum Gasteiger partial charge on any atom is -0.497 e. The molecule has 0 bridgehead atoms. The lowest BCUT2D eigenvalue weighted by Crippen LogP contribution is -2.24. The Labute approximate surface area is 178 Å². The van der Waals surface area contributed by atoms with Crippen LogP contribution in [-0.4, -0.2) is 35.6 Å². The fourth-order valence-corrected chi connectivity index (χ4v) is 4.37. The third kappa shape index (κ3) is 5.27. The van der Waals surface area contributed by atoms with Gasteiger partial charge in [0.05, 0.1) is 25.0 Å². The molecule has 3 aromatic rings. The maximum absolute atomic E-state index is 12.7. The van der Waals surface area contributed by atoms with Crippen LogP contribution in [0.4, 0.5) is 5.13 Å². The first-order valence-electron chi connectivity index (χ1n) is 9.14. The van der Waals surface area contributed by atoms with Gasteiger partial charge in [0.1, 0.15) is 11.5 Å². The number of benzene rings is 2. The van der Waals surface area contributed by atoms with Crippen molar-refractivity contribution in [3.05, 3.63) is 48.0 Å². The highest BCUT2D eigenvalue weighted by atomic mass is 32.2. The van der Waals surface area contributed by atoms with Crippen LogP contribution in [0.5, 0.6) is 11.5 Å². The van der Waals surface area contributed by atoms with Gasteiger partial charge in [-0.25, -0.2) is 0 Å². The summed E-state index contributed by atoms with van der Waals surface area (Å²) in [6, 6.07) is 13.6. The fourth-order valence-electron chi connectivity index (χ4n) is 2.65. The highest BCUT2D eigenvalue weighted by Gasteiger charge is 2.20. The van der Waals surface area contributed by atoms with Gasteiger partial charge in [0.15, 0.2) is 5.01 Å². The van der Waals surface area contributed by atoms with Crippen LogP contribution in [0, 0.1) is 6.92 Å². The molecule has 0 unspecified atom stereocenters. The van der Waals surface area contributed by atoms with E-state index >= 15 is 0 Å². The van der Waals surface area contributed by atoms with Gasteiger partial charge in [-0.1, -0.05) is 36.0 Å². The first kappa shape index (κ1) is 21.1. The maximum Gasteiger partial charge on any atom is 0.239 e. The number of anilines is 1. The van der Waals surface area contributed by atoms with Crippen molar-refractivity contribution in [1.29, 1.82) is 0 Å². The average Bonchev–Trinajstić information content (AvgIpc) is 3.20. The second-order valence-electron chi connectivity index (χ2n) is 6.30. The van der Waals surface area contributed by atoms with E-state index in [4.69, 9.17) is 9.47 Å². The quantitative estimate of drug-likeness (QED) is 0.506. The monoisotopic (exact) mass is 429 g/mol. The zero-order chi connectivity index (χ0) is 20.8. The van der Waals surface area contributed by atoms with Crippen LogP contribution in [0.25, 0.3) is 10.6 Å². The summed E-state index contributed by atoms with van der Waals surface area (Å²) in [6.45, 7) is 4.04. The minimum atomic E-state index is -0.212. The van der Waals surface area contributed by atoms with Crippen LogP contribution in [0.15, 0.2) is 47.4 Å². The molecule has 0 aliphatic heterocycles. The highest BCUT2D eigenvalue weighted by Crippen LogP contribution is 2.36. The normalized spacial score (nSPS) is 11.7. The summed E-state index contributed by atoms with van der Waals surface area (Å²) in [6.07, 6.45) is 0.708. The van der Waals surface area contributed by atoms with Gasteiger partial charge in [-0.2, -0.15) is 0 Å². The number of nitrogens with zero attached hydrogens (tertiary/aromatic N) is 2. The number of nitrogens with one attached hydrogen (secondary N) is 1. The van der Waals surface area contributed by atoms with Gasteiger partial charge >= 0.3 is 0 Å². The molecule has 152 valence electrons. The molecule has 0 spiro atoms. The zero-order valence-corrected chi connectivity index (χ0v) is 18.4. The fraction of sp³-hybridized carbons (Fsp3) is 0.286. The molecule has 3 rings (SSSR count). The molecule has 1 heterocycles. The third-order valence-corrected chi connectivity index (χ3v) is 6.50. The molecule has 0 aliphatic carbocycles. The molecule has 0 fully saturated rings. The molecule has 1 atom stereocenters. The Morgan fingerprint density at radius 1 is 1.14 bits per heavy atom. The number of methoxy groups -OCH3 is 2. The Balaban J connectivity index is 1.73. The SMILES string of the molecule is CC[C@H](Sc1ccc(C)cc1)C(=O)Nc1nnc(-c2cc(OC)ccc2OC)s1. The average molecular weight is 430 g/mol. The van der Waals surface area contributed by atoms with Crippen molar-refractivity contribution in [2.45, 2.75) is 30.4 Å². The Kier molecular flexibility index (Phi) is 7.11. The summed E-state index contributed by atoms with van der Waals surface area (Å²) >= 11 is 2.85. The zero-order valence-electron chi connectivity index (χ0n) is 16.8. The number of carbonyl (C=O) groups excluding carboxylic acids is 1. The maximum atomic E-state index is 12.7. The number of ether oxygens (including phenoxy) is 2. The highest BCUT2D eigenvalue weighted by molar-refractivity contribution is 8.00. The largest absolute Gasteiger partial charge is 0.497 e. The summed E-state index contributed by atoms with van der Waals surface area (Å²) in [5.74, 6) is 1.28. The topological polar surface area (TPSA) is 73.3 Å². The van der Waals surface area contributed by atoms with Crippen LogP contribution in [0.3, 0.4) is 0 Å². The van der Waals surface area contributed by atoms with Crippen LogP contribution < -0.4 is 14.8 Å². The molecule has 29 heavy (non-hydrogen) atoms. The predicted octanol–water partition coefficient (Wildman–Crippen LogP) is 5.04. The van der Waals surface area contributed by atoms with Gasteiger partial charge in [-0.15, -0.1) is 22.0 Å². The summed E-state index contributed by atoms with van der Waals surface area (Å²) in [5.41, 5.74) is 1.96. The molecule has 1 N–H and O–H groups in total. The molecule has 0 saturated carbocycles. The molecule has 1 amide bonds. The minimum absolute atomic E-state index is 0.0848.